The van der Waals surface area contributed by atoms with Gasteiger partial charge in [0.05, 0.1) is 22.7 Å². The molecule has 74 valence electrons. The lowest BCUT2D eigenvalue weighted by Crippen LogP contribution is -2.23. The maximum Gasteiger partial charge on any atom is 0.101 e. The van der Waals surface area contributed by atoms with Crippen LogP contribution < -0.4 is 5.73 Å². The largest absolute Gasteiger partial charge is 0.391 e. The smallest absolute Gasteiger partial charge is 0.101 e. The van der Waals surface area contributed by atoms with Gasteiger partial charge in [0.15, 0.2) is 0 Å². The van der Waals surface area contributed by atoms with Crippen LogP contribution in [0.2, 0.25) is 5.02 Å². The Labute approximate surface area is 87.7 Å². The number of nitrogens with zero attached hydrogens (tertiary/aromatic N) is 1. The third-order valence-corrected chi connectivity index (χ3v) is 2.45. The average molecular weight is 211 g/mol. The predicted molar refractivity (Wildman–Crippen MR) is 54.8 cm³/mol. The zero-order valence-electron chi connectivity index (χ0n) is 7.74. The van der Waals surface area contributed by atoms with Crippen LogP contribution in [0.25, 0.3) is 0 Å². The molecule has 0 radical (unpaired) electrons. The lowest BCUT2D eigenvalue weighted by Gasteiger charge is -2.16. The second-order valence-corrected chi connectivity index (χ2v) is 3.46. The van der Waals surface area contributed by atoms with Gasteiger partial charge in [-0.25, -0.2) is 0 Å². The van der Waals surface area contributed by atoms with Crippen molar-refractivity contribution in [2.75, 3.05) is 0 Å². The number of halogens is 1. The van der Waals surface area contributed by atoms with Crippen molar-refractivity contribution in [3.63, 3.8) is 0 Å². The number of rotatable bonds is 2. The number of aliphatic hydroxyl groups excluding tert-OH is 1. The zero-order chi connectivity index (χ0) is 10.7. The summed E-state index contributed by atoms with van der Waals surface area (Å²) in [7, 11) is 0. The molecule has 2 atom stereocenters. The Hall–Kier alpha value is -1.08. The maximum atomic E-state index is 9.30. The van der Waals surface area contributed by atoms with Gasteiger partial charge in [0.25, 0.3) is 0 Å². The van der Waals surface area contributed by atoms with Gasteiger partial charge in [-0.1, -0.05) is 23.7 Å². The van der Waals surface area contributed by atoms with Crippen molar-refractivity contribution in [1.29, 1.82) is 5.26 Å². The fraction of sp³-hybridized carbons (Fsp3) is 0.300. The molecule has 3 N–H and O–H groups in total. The Balaban J connectivity index is 3.17. The highest BCUT2D eigenvalue weighted by atomic mass is 35.5. The molecule has 0 aliphatic heterocycles. The van der Waals surface area contributed by atoms with E-state index in [-0.39, 0.29) is 0 Å². The Morgan fingerprint density at radius 3 is 2.71 bits per heavy atom. The molecule has 0 amide bonds. The molecule has 14 heavy (non-hydrogen) atoms. The molecule has 0 bridgehead atoms. The average Bonchev–Trinajstić information content (AvgIpc) is 2.17. The van der Waals surface area contributed by atoms with Gasteiger partial charge in [0, 0.05) is 0 Å². The highest BCUT2D eigenvalue weighted by Gasteiger charge is 2.16. The van der Waals surface area contributed by atoms with Crippen molar-refractivity contribution in [2.45, 2.75) is 19.1 Å². The van der Waals surface area contributed by atoms with Gasteiger partial charge in [-0.2, -0.15) is 5.26 Å². The third-order valence-electron chi connectivity index (χ3n) is 2.03. The number of nitriles is 1. The molecule has 1 aromatic carbocycles. The molecule has 0 spiro atoms. The van der Waals surface area contributed by atoms with Crippen LogP contribution in [0.4, 0.5) is 0 Å². The molecule has 0 saturated heterocycles. The molecule has 0 aliphatic rings. The summed E-state index contributed by atoms with van der Waals surface area (Å²) in [5.74, 6) is 0. The summed E-state index contributed by atoms with van der Waals surface area (Å²) in [6.07, 6.45) is -0.693. The predicted octanol–water partition coefficient (Wildman–Crippen LogP) is 1.59. The van der Waals surface area contributed by atoms with Crippen LogP contribution in [-0.4, -0.2) is 11.2 Å². The molecule has 0 heterocycles. The molecule has 1 rings (SSSR count). The van der Waals surface area contributed by atoms with Gasteiger partial charge in [0.2, 0.25) is 0 Å². The van der Waals surface area contributed by atoms with Crippen molar-refractivity contribution >= 4 is 11.6 Å². The fourth-order valence-corrected chi connectivity index (χ4v) is 1.45. The summed E-state index contributed by atoms with van der Waals surface area (Å²) in [5.41, 5.74) is 6.69. The minimum Gasteiger partial charge on any atom is -0.391 e. The van der Waals surface area contributed by atoms with Gasteiger partial charge in [0.1, 0.15) is 6.07 Å². The van der Waals surface area contributed by atoms with Gasteiger partial charge in [-0.3, -0.25) is 0 Å². The maximum absolute atomic E-state index is 9.30. The SMILES string of the molecule is C[C@@H](O)[C@@H](N)c1cccc(C#N)c1Cl. The minimum atomic E-state index is -0.693. The van der Waals surface area contributed by atoms with Crippen LogP contribution in [0.3, 0.4) is 0 Å². The van der Waals surface area contributed by atoms with E-state index >= 15 is 0 Å². The molecular weight excluding hydrogens is 200 g/mol. The van der Waals surface area contributed by atoms with Crippen LogP contribution in [0.5, 0.6) is 0 Å². The first-order valence-corrected chi connectivity index (χ1v) is 4.58. The Morgan fingerprint density at radius 2 is 2.21 bits per heavy atom. The Morgan fingerprint density at radius 1 is 1.57 bits per heavy atom. The lowest BCUT2D eigenvalue weighted by atomic mass is 10.0. The normalized spacial score (nSPS) is 14.5. The van der Waals surface area contributed by atoms with Crippen LogP contribution in [0.1, 0.15) is 24.1 Å². The van der Waals surface area contributed by atoms with E-state index in [1.807, 2.05) is 6.07 Å². The summed E-state index contributed by atoms with van der Waals surface area (Å²) in [6, 6.07) is 6.42. The molecule has 0 fully saturated rings. The van der Waals surface area contributed by atoms with Gasteiger partial charge in [-0.15, -0.1) is 0 Å². The van der Waals surface area contributed by atoms with E-state index in [1.54, 1.807) is 25.1 Å². The van der Waals surface area contributed by atoms with Crippen LogP contribution in [0.15, 0.2) is 18.2 Å². The van der Waals surface area contributed by atoms with Crippen LogP contribution >= 0.6 is 11.6 Å². The van der Waals surface area contributed by atoms with Crippen LogP contribution in [-0.2, 0) is 0 Å². The van der Waals surface area contributed by atoms with Crippen molar-refractivity contribution in [1.82, 2.24) is 0 Å². The molecule has 1 aromatic rings. The molecule has 4 heteroatoms. The molecule has 0 aliphatic carbocycles. The first-order chi connectivity index (χ1) is 6.57. The summed E-state index contributed by atoms with van der Waals surface area (Å²) >= 11 is 5.93. The lowest BCUT2D eigenvalue weighted by molar-refractivity contribution is 0.164. The summed E-state index contributed by atoms with van der Waals surface area (Å²) in [6.45, 7) is 1.58. The second kappa shape index (κ2) is 4.43. The van der Waals surface area contributed by atoms with E-state index in [2.05, 4.69) is 0 Å². The zero-order valence-corrected chi connectivity index (χ0v) is 8.49. The Kier molecular flexibility index (Phi) is 3.48. The topological polar surface area (TPSA) is 70.0 Å². The van der Waals surface area contributed by atoms with Crippen molar-refractivity contribution < 1.29 is 5.11 Å². The van der Waals surface area contributed by atoms with Crippen molar-refractivity contribution in [2.24, 2.45) is 5.73 Å². The quantitative estimate of drug-likeness (QED) is 0.779. The number of aliphatic hydroxyl groups is 1. The van der Waals surface area contributed by atoms with Crippen molar-refractivity contribution in [3.8, 4) is 6.07 Å². The molecule has 0 aromatic heterocycles. The fourth-order valence-electron chi connectivity index (χ4n) is 1.15. The number of benzene rings is 1. The Bertz CT molecular complexity index is 371. The summed E-state index contributed by atoms with van der Waals surface area (Å²) < 4.78 is 0. The van der Waals surface area contributed by atoms with E-state index in [1.165, 1.54) is 0 Å². The molecule has 0 unspecified atom stereocenters. The molecular formula is C10H11ClN2O. The van der Waals surface area contributed by atoms with E-state index < -0.39 is 12.1 Å². The first-order valence-electron chi connectivity index (χ1n) is 4.20. The third kappa shape index (κ3) is 2.05. The number of hydrogen-bond donors (Lipinski definition) is 2. The first kappa shape index (κ1) is 11.0. The summed E-state index contributed by atoms with van der Waals surface area (Å²) in [4.78, 5) is 0. The van der Waals surface area contributed by atoms with E-state index in [9.17, 15) is 5.11 Å². The van der Waals surface area contributed by atoms with E-state index in [0.29, 0.717) is 16.1 Å². The molecule has 0 saturated carbocycles. The van der Waals surface area contributed by atoms with Gasteiger partial charge < -0.3 is 10.8 Å². The standard InChI is InChI=1S/C10H11ClN2O/c1-6(14)10(13)8-4-2-3-7(5-12)9(8)11/h2-4,6,10,14H,13H2,1H3/t6-,10-/m1/s1. The highest BCUT2D eigenvalue weighted by molar-refractivity contribution is 6.32. The second-order valence-electron chi connectivity index (χ2n) is 3.09. The monoisotopic (exact) mass is 210 g/mol. The van der Waals surface area contributed by atoms with Crippen LogP contribution in [0, 0.1) is 11.3 Å². The van der Waals surface area contributed by atoms with E-state index in [4.69, 9.17) is 22.6 Å². The number of nitrogens with two attached hydrogens (primary N) is 1. The van der Waals surface area contributed by atoms with Gasteiger partial charge >= 0.3 is 0 Å². The van der Waals surface area contributed by atoms with Gasteiger partial charge in [-0.05, 0) is 18.6 Å². The minimum absolute atomic E-state index is 0.323. The molecule has 3 nitrogen and oxygen atoms in total. The highest BCUT2D eigenvalue weighted by Crippen LogP contribution is 2.26. The number of hydrogen-bond acceptors (Lipinski definition) is 3. The van der Waals surface area contributed by atoms with Crippen molar-refractivity contribution in [3.05, 3.63) is 34.3 Å². The van der Waals surface area contributed by atoms with E-state index in [0.717, 1.165) is 0 Å². The summed E-state index contributed by atoms with van der Waals surface area (Å²) in [5, 5.41) is 18.3.